The summed E-state index contributed by atoms with van der Waals surface area (Å²) < 4.78 is 1.77. The second kappa shape index (κ2) is 11.4. The first-order valence-corrected chi connectivity index (χ1v) is 11.8. The molecule has 0 fully saturated rings. The number of nitrogens with zero attached hydrogens (tertiary/aromatic N) is 3. The van der Waals surface area contributed by atoms with Crippen molar-refractivity contribution < 1.29 is 9.59 Å². The van der Waals surface area contributed by atoms with Gasteiger partial charge in [-0.15, -0.1) is 16.8 Å². The van der Waals surface area contributed by atoms with E-state index >= 15 is 0 Å². The van der Waals surface area contributed by atoms with Crippen LogP contribution in [0.2, 0.25) is 10.0 Å². The van der Waals surface area contributed by atoms with Crippen LogP contribution in [0.4, 0.5) is 11.4 Å². The standard InChI is InChI=1S/C23H23Cl2N5O2S/c1-4-9-30-20(12-21(31)27-19-8-5-14(2)10-15(19)3)28-29-23(30)33-13-22(32)26-16-6-7-17(24)18(25)11-16/h4-8,10-11H,1,9,12-13H2,2-3H3,(H,26,32)(H,27,31). The molecule has 1 heterocycles. The number of thioether (sulfide) groups is 1. The van der Waals surface area contributed by atoms with Gasteiger partial charge in [0.1, 0.15) is 5.82 Å². The molecule has 172 valence electrons. The SMILES string of the molecule is C=CCn1c(CC(=O)Nc2ccc(C)cc2C)nnc1SCC(=O)Nc1ccc(Cl)c(Cl)c1. The first-order chi connectivity index (χ1) is 15.8. The normalized spacial score (nSPS) is 10.7. The van der Waals surface area contributed by atoms with Crippen molar-refractivity contribution in [3.05, 3.63) is 76.0 Å². The maximum Gasteiger partial charge on any atom is 0.234 e. The van der Waals surface area contributed by atoms with Crippen LogP contribution in [0.25, 0.3) is 0 Å². The van der Waals surface area contributed by atoms with Crippen molar-refractivity contribution in [2.24, 2.45) is 0 Å². The molecule has 0 aliphatic rings. The third-order valence-corrected chi connectivity index (χ3v) is 6.32. The number of carbonyl (C=O) groups excluding carboxylic acids is 2. The minimum atomic E-state index is -0.235. The largest absolute Gasteiger partial charge is 0.325 e. The van der Waals surface area contributed by atoms with Crippen LogP contribution < -0.4 is 10.6 Å². The molecule has 0 spiro atoms. The fourth-order valence-electron chi connectivity index (χ4n) is 3.06. The summed E-state index contributed by atoms with van der Waals surface area (Å²) in [5.41, 5.74) is 3.42. The summed E-state index contributed by atoms with van der Waals surface area (Å²) >= 11 is 13.1. The first kappa shape index (κ1) is 24.8. The monoisotopic (exact) mass is 503 g/mol. The Hall–Kier alpha value is -2.81. The van der Waals surface area contributed by atoms with Crippen LogP contribution in [-0.4, -0.2) is 32.3 Å². The molecule has 2 amide bonds. The number of benzene rings is 2. The van der Waals surface area contributed by atoms with Crippen LogP contribution in [0.3, 0.4) is 0 Å². The molecule has 0 unspecified atom stereocenters. The van der Waals surface area contributed by atoms with Gasteiger partial charge in [0.05, 0.1) is 22.2 Å². The first-order valence-electron chi connectivity index (χ1n) is 10.0. The van der Waals surface area contributed by atoms with Gasteiger partial charge in [-0.05, 0) is 43.7 Å². The van der Waals surface area contributed by atoms with E-state index in [0.29, 0.717) is 33.3 Å². The van der Waals surface area contributed by atoms with Crippen molar-refractivity contribution in [2.45, 2.75) is 32.0 Å². The van der Waals surface area contributed by atoms with E-state index < -0.39 is 0 Å². The molecule has 7 nitrogen and oxygen atoms in total. The highest BCUT2D eigenvalue weighted by Gasteiger charge is 2.17. The molecule has 1 aromatic heterocycles. The summed E-state index contributed by atoms with van der Waals surface area (Å²) in [6, 6.07) is 10.7. The molecule has 2 N–H and O–H groups in total. The Morgan fingerprint density at radius 3 is 2.55 bits per heavy atom. The number of halogens is 2. The van der Waals surface area contributed by atoms with Gasteiger partial charge in [0.15, 0.2) is 5.16 Å². The smallest absolute Gasteiger partial charge is 0.234 e. The Balaban J connectivity index is 1.63. The number of hydrogen-bond acceptors (Lipinski definition) is 5. The molecule has 0 aliphatic heterocycles. The number of nitrogens with one attached hydrogen (secondary N) is 2. The second-order valence-corrected chi connectivity index (χ2v) is 9.06. The van der Waals surface area contributed by atoms with E-state index in [9.17, 15) is 9.59 Å². The summed E-state index contributed by atoms with van der Waals surface area (Å²) in [4.78, 5) is 24.9. The van der Waals surface area contributed by atoms with Crippen LogP contribution in [0.15, 0.2) is 54.2 Å². The van der Waals surface area contributed by atoms with Crippen LogP contribution in [-0.2, 0) is 22.6 Å². The van der Waals surface area contributed by atoms with E-state index in [1.54, 1.807) is 28.8 Å². The Labute approximate surface area is 206 Å². The van der Waals surface area contributed by atoms with E-state index in [4.69, 9.17) is 23.2 Å². The van der Waals surface area contributed by atoms with E-state index in [2.05, 4.69) is 27.4 Å². The summed E-state index contributed by atoms with van der Waals surface area (Å²) in [6.45, 7) is 8.12. The minimum Gasteiger partial charge on any atom is -0.325 e. The van der Waals surface area contributed by atoms with Gasteiger partial charge in [0.2, 0.25) is 11.8 Å². The van der Waals surface area contributed by atoms with Gasteiger partial charge < -0.3 is 15.2 Å². The Bertz CT molecular complexity index is 1200. The van der Waals surface area contributed by atoms with Gasteiger partial charge in [-0.2, -0.15) is 0 Å². The zero-order valence-electron chi connectivity index (χ0n) is 18.2. The fourth-order valence-corrected chi connectivity index (χ4v) is 4.13. The lowest BCUT2D eigenvalue weighted by atomic mass is 10.1. The number of anilines is 2. The fraction of sp³-hybridized carbons (Fsp3) is 0.217. The number of aryl methyl sites for hydroxylation is 2. The Morgan fingerprint density at radius 2 is 1.85 bits per heavy atom. The number of carbonyl (C=O) groups is 2. The van der Waals surface area contributed by atoms with Crippen molar-refractivity contribution in [3.63, 3.8) is 0 Å². The van der Waals surface area contributed by atoms with Crippen LogP contribution >= 0.6 is 35.0 Å². The molecule has 0 aliphatic carbocycles. The number of hydrogen-bond donors (Lipinski definition) is 2. The third kappa shape index (κ3) is 6.83. The average molecular weight is 504 g/mol. The number of aromatic nitrogens is 3. The summed E-state index contributed by atoms with van der Waals surface area (Å²) in [5, 5.41) is 15.3. The van der Waals surface area contributed by atoms with Gasteiger partial charge in [-0.3, -0.25) is 9.59 Å². The van der Waals surface area contributed by atoms with Gasteiger partial charge in [0, 0.05) is 17.9 Å². The number of allylic oxidation sites excluding steroid dienone is 1. The van der Waals surface area contributed by atoms with Gasteiger partial charge in [-0.1, -0.05) is 58.7 Å². The molecular formula is C23H23Cl2N5O2S. The highest BCUT2D eigenvalue weighted by atomic mass is 35.5. The molecule has 3 rings (SSSR count). The third-order valence-electron chi connectivity index (χ3n) is 4.62. The summed E-state index contributed by atoms with van der Waals surface area (Å²) in [5.74, 6) is 0.156. The molecule has 0 bridgehead atoms. The molecule has 0 atom stereocenters. The van der Waals surface area contributed by atoms with Crippen LogP contribution in [0.5, 0.6) is 0 Å². The maximum absolute atomic E-state index is 12.6. The van der Waals surface area contributed by atoms with Crippen molar-refractivity contribution >= 4 is 58.2 Å². The Morgan fingerprint density at radius 1 is 1.06 bits per heavy atom. The molecule has 0 saturated carbocycles. The maximum atomic E-state index is 12.6. The molecule has 33 heavy (non-hydrogen) atoms. The highest BCUT2D eigenvalue weighted by Crippen LogP contribution is 2.25. The summed E-state index contributed by atoms with van der Waals surface area (Å²) in [7, 11) is 0. The van der Waals surface area contributed by atoms with Crippen molar-refractivity contribution in [2.75, 3.05) is 16.4 Å². The number of rotatable bonds is 9. The molecule has 10 heteroatoms. The second-order valence-electron chi connectivity index (χ2n) is 7.31. The topological polar surface area (TPSA) is 88.9 Å². The Kier molecular flexibility index (Phi) is 8.55. The van der Waals surface area contributed by atoms with E-state index in [0.717, 1.165) is 16.8 Å². The van der Waals surface area contributed by atoms with Gasteiger partial charge in [0.25, 0.3) is 0 Å². The van der Waals surface area contributed by atoms with Crippen molar-refractivity contribution in [1.29, 1.82) is 0 Å². The number of amides is 2. The quantitative estimate of drug-likeness (QED) is 0.305. The van der Waals surface area contributed by atoms with Crippen molar-refractivity contribution in [1.82, 2.24) is 14.8 Å². The minimum absolute atomic E-state index is 0.0458. The highest BCUT2D eigenvalue weighted by molar-refractivity contribution is 7.99. The zero-order valence-corrected chi connectivity index (χ0v) is 20.5. The lowest BCUT2D eigenvalue weighted by molar-refractivity contribution is -0.116. The molecular weight excluding hydrogens is 481 g/mol. The van der Waals surface area contributed by atoms with Crippen LogP contribution in [0, 0.1) is 13.8 Å². The van der Waals surface area contributed by atoms with Gasteiger partial charge in [-0.25, -0.2) is 0 Å². The van der Waals surface area contributed by atoms with E-state index in [1.165, 1.54) is 11.8 Å². The molecule has 3 aromatic rings. The average Bonchev–Trinajstić information content (AvgIpc) is 3.13. The molecule has 0 saturated heterocycles. The van der Waals surface area contributed by atoms with Crippen molar-refractivity contribution in [3.8, 4) is 0 Å². The van der Waals surface area contributed by atoms with E-state index in [-0.39, 0.29) is 24.0 Å². The molecule has 0 radical (unpaired) electrons. The van der Waals surface area contributed by atoms with E-state index in [1.807, 2.05) is 32.0 Å². The lowest BCUT2D eigenvalue weighted by Gasteiger charge is -2.10. The van der Waals surface area contributed by atoms with Gasteiger partial charge >= 0.3 is 0 Å². The predicted molar refractivity (Wildman–Crippen MR) is 134 cm³/mol. The molecule has 2 aromatic carbocycles. The zero-order chi connectivity index (χ0) is 24.0. The summed E-state index contributed by atoms with van der Waals surface area (Å²) in [6.07, 6.45) is 1.74. The predicted octanol–water partition coefficient (Wildman–Crippen LogP) is 5.30. The lowest BCUT2D eigenvalue weighted by Crippen LogP contribution is -2.18. The van der Waals surface area contributed by atoms with Crippen LogP contribution in [0.1, 0.15) is 17.0 Å².